The predicted molar refractivity (Wildman–Crippen MR) is 72.2 cm³/mol. The minimum absolute atomic E-state index is 0.832. The number of thioether (sulfide) groups is 1. The molecule has 0 bridgehead atoms. The van der Waals surface area contributed by atoms with Crippen LogP contribution in [-0.4, -0.2) is 22.4 Å². The van der Waals surface area contributed by atoms with Gasteiger partial charge in [-0.2, -0.15) is 0 Å². The molecule has 0 unspecified atom stereocenters. The van der Waals surface area contributed by atoms with E-state index >= 15 is 0 Å². The number of imidazole rings is 1. The number of rotatable bonds is 6. The number of benzene rings is 1. The lowest BCUT2D eigenvalue weighted by molar-refractivity contribution is 0.763. The van der Waals surface area contributed by atoms with E-state index < -0.39 is 0 Å². The van der Waals surface area contributed by atoms with Crippen molar-refractivity contribution < 1.29 is 0 Å². The Morgan fingerprint density at radius 1 is 1.29 bits per heavy atom. The van der Waals surface area contributed by atoms with Crippen LogP contribution in [0.5, 0.6) is 0 Å². The molecule has 0 radical (unpaired) electrons. The number of aromatic nitrogens is 2. The third-order valence-corrected chi connectivity index (χ3v) is 3.40. The first kappa shape index (κ1) is 12.2. The SMILES string of the molecule is CNCc1cn(CCSc2ccccc2)cn1. The molecule has 1 aromatic heterocycles. The standard InChI is InChI=1S/C13H17N3S/c1-14-9-12-10-16(11-15-12)7-8-17-13-5-3-2-4-6-13/h2-6,10-11,14H,7-9H2,1H3. The molecular weight excluding hydrogens is 230 g/mol. The van der Waals surface area contributed by atoms with Crippen molar-refractivity contribution in [3.8, 4) is 0 Å². The van der Waals surface area contributed by atoms with E-state index in [0.29, 0.717) is 0 Å². The summed E-state index contributed by atoms with van der Waals surface area (Å²) in [5.41, 5.74) is 1.09. The molecule has 0 saturated carbocycles. The molecule has 2 rings (SSSR count). The zero-order valence-electron chi connectivity index (χ0n) is 9.97. The highest BCUT2D eigenvalue weighted by atomic mass is 32.2. The van der Waals surface area contributed by atoms with Crippen molar-refractivity contribution in [1.82, 2.24) is 14.9 Å². The van der Waals surface area contributed by atoms with Crippen LogP contribution in [0.2, 0.25) is 0 Å². The fourth-order valence-electron chi connectivity index (χ4n) is 1.59. The summed E-state index contributed by atoms with van der Waals surface area (Å²) in [4.78, 5) is 5.65. The van der Waals surface area contributed by atoms with Gasteiger partial charge in [-0.3, -0.25) is 0 Å². The molecule has 0 aliphatic heterocycles. The van der Waals surface area contributed by atoms with Gasteiger partial charge in [0.05, 0.1) is 12.0 Å². The van der Waals surface area contributed by atoms with Gasteiger partial charge in [0.1, 0.15) is 0 Å². The maximum atomic E-state index is 4.32. The summed E-state index contributed by atoms with van der Waals surface area (Å²) < 4.78 is 2.14. The van der Waals surface area contributed by atoms with Crippen molar-refractivity contribution in [3.63, 3.8) is 0 Å². The van der Waals surface area contributed by atoms with Crippen LogP contribution in [-0.2, 0) is 13.1 Å². The maximum Gasteiger partial charge on any atom is 0.0950 e. The van der Waals surface area contributed by atoms with Crippen molar-refractivity contribution in [2.24, 2.45) is 0 Å². The first-order valence-corrected chi connectivity index (χ1v) is 6.70. The van der Waals surface area contributed by atoms with Crippen LogP contribution in [0.1, 0.15) is 5.69 Å². The van der Waals surface area contributed by atoms with Gasteiger partial charge in [-0.05, 0) is 19.2 Å². The Morgan fingerprint density at radius 3 is 2.88 bits per heavy atom. The number of nitrogens with zero attached hydrogens (tertiary/aromatic N) is 2. The van der Waals surface area contributed by atoms with Gasteiger partial charge >= 0.3 is 0 Å². The van der Waals surface area contributed by atoms with Crippen LogP contribution in [0.15, 0.2) is 47.8 Å². The zero-order valence-corrected chi connectivity index (χ0v) is 10.8. The zero-order chi connectivity index (χ0) is 11.9. The molecular formula is C13H17N3S. The largest absolute Gasteiger partial charge is 0.336 e. The van der Waals surface area contributed by atoms with Crippen LogP contribution < -0.4 is 5.32 Å². The summed E-state index contributed by atoms with van der Waals surface area (Å²) in [6, 6.07) is 10.5. The third kappa shape index (κ3) is 3.91. The molecule has 3 nitrogen and oxygen atoms in total. The Hall–Kier alpha value is -1.26. The molecule has 17 heavy (non-hydrogen) atoms. The number of nitrogens with one attached hydrogen (secondary N) is 1. The number of hydrogen-bond acceptors (Lipinski definition) is 3. The lowest BCUT2D eigenvalue weighted by atomic mass is 10.4. The highest BCUT2D eigenvalue weighted by molar-refractivity contribution is 7.99. The molecule has 4 heteroatoms. The van der Waals surface area contributed by atoms with E-state index in [9.17, 15) is 0 Å². The van der Waals surface area contributed by atoms with E-state index in [-0.39, 0.29) is 0 Å². The van der Waals surface area contributed by atoms with Gasteiger partial charge in [0.2, 0.25) is 0 Å². The highest BCUT2D eigenvalue weighted by Gasteiger charge is 1.98. The average Bonchev–Trinajstić information content (AvgIpc) is 2.79. The summed E-state index contributed by atoms with van der Waals surface area (Å²) in [6.07, 6.45) is 4.00. The quantitative estimate of drug-likeness (QED) is 0.795. The van der Waals surface area contributed by atoms with Crippen LogP contribution in [0.3, 0.4) is 0 Å². The van der Waals surface area contributed by atoms with Gasteiger partial charge in [0, 0.05) is 29.9 Å². The van der Waals surface area contributed by atoms with Crippen LogP contribution in [0.25, 0.3) is 0 Å². The molecule has 0 fully saturated rings. The Balaban J connectivity index is 1.78. The molecule has 0 aliphatic carbocycles. The average molecular weight is 247 g/mol. The Kier molecular flexibility index (Phi) is 4.64. The van der Waals surface area contributed by atoms with Crippen molar-refractivity contribution in [2.45, 2.75) is 18.0 Å². The third-order valence-electron chi connectivity index (χ3n) is 2.41. The lowest BCUT2D eigenvalue weighted by Crippen LogP contribution is -2.05. The van der Waals surface area contributed by atoms with E-state index in [2.05, 4.69) is 45.3 Å². The molecule has 0 aliphatic rings. The van der Waals surface area contributed by atoms with Gasteiger partial charge < -0.3 is 9.88 Å². The normalized spacial score (nSPS) is 10.6. The van der Waals surface area contributed by atoms with Crippen molar-refractivity contribution in [1.29, 1.82) is 0 Å². The second-order valence-corrected chi connectivity index (χ2v) is 4.96. The Morgan fingerprint density at radius 2 is 2.12 bits per heavy atom. The molecule has 0 saturated heterocycles. The van der Waals surface area contributed by atoms with E-state index in [4.69, 9.17) is 0 Å². The van der Waals surface area contributed by atoms with Gasteiger partial charge in [-0.25, -0.2) is 4.98 Å². The fourth-order valence-corrected chi connectivity index (χ4v) is 2.47. The summed E-state index contributed by atoms with van der Waals surface area (Å²) in [5.74, 6) is 1.07. The van der Waals surface area contributed by atoms with E-state index in [1.165, 1.54) is 4.90 Å². The smallest absolute Gasteiger partial charge is 0.0950 e. The van der Waals surface area contributed by atoms with Gasteiger partial charge in [0.15, 0.2) is 0 Å². The highest BCUT2D eigenvalue weighted by Crippen LogP contribution is 2.16. The summed E-state index contributed by atoms with van der Waals surface area (Å²) in [6.45, 7) is 1.83. The molecule has 0 atom stereocenters. The first-order chi connectivity index (χ1) is 8.38. The molecule has 0 amide bonds. The maximum absolute atomic E-state index is 4.32. The molecule has 1 N–H and O–H groups in total. The van der Waals surface area contributed by atoms with E-state index in [0.717, 1.165) is 24.5 Å². The topological polar surface area (TPSA) is 29.9 Å². The fraction of sp³-hybridized carbons (Fsp3) is 0.308. The molecule has 0 spiro atoms. The first-order valence-electron chi connectivity index (χ1n) is 5.71. The van der Waals surface area contributed by atoms with Gasteiger partial charge in [-0.15, -0.1) is 11.8 Å². The Bertz CT molecular complexity index is 439. The minimum atomic E-state index is 0.832. The second-order valence-electron chi connectivity index (χ2n) is 3.79. The molecule has 2 aromatic rings. The minimum Gasteiger partial charge on any atom is -0.336 e. The van der Waals surface area contributed by atoms with Crippen molar-refractivity contribution in [3.05, 3.63) is 48.5 Å². The number of hydrogen-bond donors (Lipinski definition) is 1. The van der Waals surface area contributed by atoms with Gasteiger partial charge in [0.25, 0.3) is 0 Å². The van der Waals surface area contributed by atoms with Crippen molar-refractivity contribution in [2.75, 3.05) is 12.8 Å². The van der Waals surface area contributed by atoms with Crippen molar-refractivity contribution >= 4 is 11.8 Å². The lowest BCUT2D eigenvalue weighted by Gasteiger charge is -2.02. The predicted octanol–water partition coefficient (Wildman–Crippen LogP) is 2.39. The van der Waals surface area contributed by atoms with Crippen LogP contribution in [0, 0.1) is 0 Å². The molecule has 1 heterocycles. The van der Waals surface area contributed by atoms with Crippen LogP contribution >= 0.6 is 11.8 Å². The van der Waals surface area contributed by atoms with Gasteiger partial charge in [-0.1, -0.05) is 18.2 Å². The monoisotopic (exact) mass is 247 g/mol. The Labute approximate surface area is 106 Å². The summed E-state index contributed by atoms with van der Waals surface area (Å²) in [7, 11) is 1.93. The van der Waals surface area contributed by atoms with E-state index in [1.807, 2.05) is 31.2 Å². The van der Waals surface area contributed by atoms with E-state index in [1.54, 1.807) is 0 Å². The number of aryl methyl sites for hydroxylation is 1. The van der Waals surface area contributed by atoms with Crippen LogP contribution in [0.4, 0.5) is 0 Å². The summed E-state index contributed by atoms with van der Waals surface area (Å²) >= 11 is 1.87. The summed E-state index contributed by atoms with van der Waals surface area (Å²) in [5, 5.41) is 3.10. The second kappa shape index (κ2) is 6.47. The molecule has 90 valence electrons. The molecule has 1 aromatic carbocycles.